The summed E-state index contributed by atoms with van der Waals surface area (Å²) in [4.78, 5) is 52.6. The SMILES string of the molecule is CCCC(=O)OC[C@@H]1O[C@@H](n2ccc(N)nc2=O)[C@H](OC(=O)CCC)[C@H]1OC(=O)CCC. The second-order valence-corrected chi connectivity index (χ2v) is 7.45. The van der Waals surface area contributed by atoms with Crippen molar-refractivity contribution in [3.05, 3.63) is 22.7 Å². The van der Waals surface area contributed by atoms with Crippen LogP contribution < -0.4 is 11.4 Å². The second-order valence-electron chi connectivity index (χ2n) is 7.45. The highest BCUT2D eigenvalue weighted by molar-refractivity contribution is 5.71. The summed E-state index contributed by atoms with van der Waals surface area (Å²) < 4.78 is 23.4. The van der Waals surface area contributed by atoms with Crippen LogP contribution in [0.15, 0.2) is 17.1 Å². The van der Waals surface area contributed by atoms with Gasteiger partial charge in [-0.15, -0.1) is 0 Å². The van der Waals surface area contributed by atoms with Crippen LogP contribution in [0.2, 0.25) is 0 Å². The molecule has 2 N–H and O–H groups in total. The summed E-state index contributed by atoms with van der Waals surface area (Å²) >= 11 is 0. The van der Waals surface area contributed by atoms with Crippen LogP contribution in [0, 0.1) is 0 Å². The molecule has 11 heteroatoms. The Balaban J connectivity index is 2.38. The lowest BCUT2D eigenvalue weighted by Gasteiger charge is -2.24. The zero-order valence-corrected chi connectivity index (χ0v) is 18.7. The van der Waals surface area contributed by atoms with Gasteiger partial charge in [0.25, 0.3) is 0 Å². The quantitative estimate of drug-likeness (QED) is 0.386. The minimum Gasteiger partial charge on any atom is -0.463 e. The average Bonchev–Trinajstić information content (AvgIpc) is 3.04. The van der Waals surface area contributed by atoms with Crippen LogP contribution in [0.5, 0.6) is 0 Å². The summed E-state index contributed by atoms with van der Waals surface area (Å²) in [5, 5.41) is 0. The summed E-state index contributed by atoms with van der Waals surface area (Å²) in [6, 6.07) is 1.39. The van der Waals surface area contributed by atoms with E-state index in [0.717, 1.165) is 4.57 Å². The van der Waals surface area contributed by atoms with E-state index in [1.165, 1.54) is 12.3 Å². The minimum absolute atomic E-state index is 0.0137. The molecule has 11 nitrogen and oxygen atoms in total. The highest BCUT2D eigenvalue weighted by atomic mass is 16.7. The van der Waals surface area contributed by atoms with Gasteiger partial charge in [0.1, 0.15) is 18.5 Å². The van der Waals surface area contributed by atoms with Gasteiger partial charge in [-0.05, 0) is 25.3 Å². The first-order chi connectivity index (χ1) is 15.3. The molecule has 0 saturated carbocycles. The van der Waals surface area contributed by atoms with Crippen LogP contribution in [-0.2, 0) is 33.3 Å². The van der Waals surface area contributed by atoms with E-state index in [2.05, 4.69) is 4.98 Å². The van der Waals surface area contributed by atoms with Crippen molar-refractivity contribution >= 4 is 23.7 Å². The van der Waals surface area contributed by atoms with Gasteiger partial charge in [-0.1, -0.05) is 20.8 Å². The van der Waals surface area contributed by atoms with Gasteiger partial charge < -0.3 is 24.7 Å². The first-order valence-electron chi connectivity index (χ1n) is 10.8. The fourth-order valence-electron chi connectivity index (χ4n) is 3.23. The van der Waals surface area contributed by atoms with Gasteiger partial charge in [-0.25, -0.2) is 4.79 Å². The molecule has 178 valence electrons. The van der Waals surface area contributed by atoms with E-state index in [-0.39, 0.29) is 31.7 Å². The Morgan fingerprint density at radius 2 is 1.56 bits per heavy atom. The molecule has 0 bridgehead atoms. The number of carbonyl (C=O) groups excluding carboxylic acids is 3. The van der Waals surface area contributed by atoms with Crippen molar-refractivity contribution in [2.75, 3.05) is 12.3 Å². The summed E-state index contributed by atoms with van der Waals surface area (Å²) in [6.45, 7) is 5.23. The molecule has 0 spiro atoms. The maximum absolute atomic E-state index is 12.4. The first-order valence-corrected chi connectivity index (χ1v) is 10.8. The lowest BCUT2D eigenvalue weighted by Crippen LogP contribution is -2.42. The number of nitrogens with zero attached hydrogens (tertiary/aromatic N) is 2. The Hall–Kier alpha value is -2.95. The minimum atomic E-state index is -1.15. The molecule has 1 aliphatic rings. The van der Waals surface area contributed by atoms with Crippen LogP contribution in [0.3, 0.4) is 0 Å². The molecule has 2 heterocycles. The molecule has 1 aromatic rings. The van der Waals surface area contributed by atoms with E-state index < -0.39 is 48.1 Å². The Morgan fingerprint density at radius 3 is 2.12 bits per heavy atom. The van der Waals surface area contributed by atoms with Crippen molar-refractivity contribution in [2.24, 2.45) is 0 Å². The molecule has 4 atom stereocenters. The smallest absolute Gasteiger partial charge is 0.351 e. The third-order valence-electron chi connectivity index (χ3n) is 4.72. The predicted molar refractivity (Wildman–Crippen MR) is 112 cm³/mol. The van der Waals surface area contributed by atoms with Crippen molar-refractivity contribution in [3.8, 4) is 0 Å². The van der Waals surface area contributed by atoms with Gasteiger partial charge in [-0.3, -0.25) is 19.0 Å². The summed E-state index contributed by atoms with van der Waals surface area (Å²) in [5.74, 6) is -1.49. The van der Waals surface area contributed by atoms with Gasteiger partial charge in [-0.2, -0.15) is 4.98 Å². The van der Waals surface area contributed by atoms with Crippen molar-refractivity contribution in [1.82, 2.24) is 9.55 Å². The van der Waals surface area contributed by atoms with Crippen molar-refractivity contribution < 1.29 is 33.3 Å². The summed E-state index contributed by atoms with van der Waals surface area (Å²) in [6.07, 6.45) is -0.799. The van der Waals surface area contributed by atoms with Crippen LogP contribution in [0.1, 0.15) is 65.5 Å². The van der Waals surface area contributed by atoms with Crippen molar-refractivity contribution in [3.63, 3.8) is 0 Å². The lowest BCUT2D eigenvalue weighted by molar-refractivity contribution is -0.169. The number of carbonyl (C=O) groups is 3. The molecule has 1 fully saturated rings. The number of esters is 3. The van der Waals surface area contributed by atoms with E-state index in [4.69, 9.17) is 24.7 Å². The van der Waals surface area contributed by atoms with E-state index in [1.54, 1.807) is 0 Å². The van der Waals surface area contributed by atoms with Gasteiger partial charge in [0, 0.05) is 25.5 Å². The Morgan fingerprint density at radius 1 is 1.00 bits per heavy atom. The van der Waals surface area contributed by atoms with E-state index in [1.807, 2.05) is 20.8 Å². The Kier molecular flexibility index (Phi) is 9.63. The summed E-state index contributed by atoms with van der Waals surface area (Å²) in [7, 11) is 0. The van der Waals surface area contributed by atoms with Gasteiger partial charge >= 0.3 is 23.6 Å². The molecule has 2 rings (SSSR count). The number of ether oxygens (including phenoxy) is 4. The third kappa shape index (κ3) is 6.78. The number of hydrogen-bond donors (Lipinski definition) is 1. The second kappa shape index (κ2) is 12.2. The first kappa shape index (κ1) is 25.3. The fraction of sp³-hybridized carbons (Fsp3) is 0.667. The molecule has 0 unspecified atom stereocenters. The zero-order chi connectivity index (χ0) is 23.7. The van der Waals surface area contributed by atoms with Crippen LogP contribution in [-0.4, -0.2) is 52.4 Å². The normalized spacial score (nSPS) is 22.3. The highest BCUT2D eigenvalue weighted by Crippen LogP contribution is 2.34. The maximum atomic E-state index is 12.4. The molecule has 0 radical (unpaired) electrons. The van der Waals surface area contributed by atoms with Gasteiger partial charge in [0.05, 0.1) is 0 Å². The van der Waals surface area contributed by atoms with Gasteiger partial charge in [0.15, 0.2) is 18.4 Å². The monoisotopic (exact) mass is 453 g/mol. The van der Waals surface area contributed by atoms with E-state index >= 15 is 0 Å². The molecule has 32 heavy (non-hydrogen) atoms. The zero-order valence-electron chi connectivity index (χ0n) is 18.7. The number of nitrogen functional groups attached to an aromatic ring is 1. The predicted octanol–water partition coefficient (Wildman–Crippen LogP) is 1.49. The summed E-state index contributed by atoms with van der Waals surface area (Å²) in [5.41, 5.74) is 4.84. The molecule has 1 aliphatic heterocycles. The molecule has 0 aromatic carbocycles. The lowest BCUT2D eigenvalue weighted by atomic mass is 10.1. The number of rotatable bonds is 11. The molecule has 1 aromatic heterocycles. The topological polar surface area (TPSA) is 149 Å². The van der Waals surface area contributed by atoms with Crippen LogP contribution >= 0.6 is 0 Å². The highest BCUT2D eigenvalue weighted by Gasteiger charge is 2.51. The number of aromatic nitrogens is 2. The molecular weight excluding hydrogens is 422 g/mol. The molecule has 0 aliphatic carbocycles. The Bertz CT molecular complexity index is 856. The molecular formula is C21H31N3O8. The molecule has 1 saturated heterocycles. The van der Waals surface area contributed by atoms with E-state index in [0.29, 0.717) is 19.3 Å². The number of anilines is 1. The third-order valence-corrected chi connectivity index (χ3v) is 4.72. The molecule has 0 amide bonds. The average molecular weight is 453 g/mol. The van der Waals surface area contributed by atoms with Crippen molar-refractivity contribution in [1.29, 1.82) is 0 Å². The van der Waals surface area contributed by atoms with Crippen molar-refractivity contribution in [2.45, 2.75) is 83.8 Å². The van der Waals surface area contributed by atoms with E-state index in [9.17, 15) is 19.2 Å². The van der Waals surface area contributed by atoms with Crippen LogP contribution in [0.25, 0.3) is 0 Å². The van der Waals surface area contributed by atoms with Crippen LogP contribution in [0.4, 0.5) is 5.82 Å². The fourth-order valence-corrected chi connectivity index (χ4v) is 3.23. The maximum Gasteiger partial charge on any atom is 0.351 e. The number of nitrogens with two attached hydrogens (primary N) is 1. The Labute approximate surface area is 186 Å². The number of hydrogen-bond acceptors (Lipinski definition) is 10. The largest absolute Gasteiger partial charge is 0.463 e. The van der Waals surface area contributed by atoms with Gasteiger partial charge in [0.2, 0.25) is 0 Å². The standard InChI is InChI=1S/C21H31N3O8/c1-4-7-15(25)29-12-13-18(31-16(26)8-5-2)19(32-17(27)9-6-3)20(30-13)24-11-10-14(22)23-21(24)28/h10-11,13,18-20H,4-9,12H2,1-3H3,(H2,22,23,28)/t13-,18-,19+,20+/m0/s1.